The summed E-state index contributed by atoms with van der Waals surface area (Å²) in [6.07, 6.45) is 3.69. The maximum Gasteiger partial charge on any atom is 0.0972 e. The van der Waals surface area contributed by atoms with Gasteiger partial charge in [-0.05, 0) is 80.6 Å². The Morgan fingerprint density at radius 3 is 1.57 bits per heavy atom. The van der Waals surface area contributed by atoms with E-state index in [0.717, 1.165) is 76.9 Å². The van der Waals surface area contributed by atoms with E-state index < -0.39 is 0 Å². The molecule has 4 nitrogen and oxygen atoms in total. The number of hydrogen-bond donors (Lipinski definition) is 0. The molecular weight excluding hydrogens is 657 g/mol. The van der Waals surface area contributed by atoms with E-state index in [-0.39, 0.29) is 0 Å². The van der Waals surface area contributed by atoms with E-state index in [1.807, 2.05) is 30.6 Å². The number of aromatic nitrogens is 4. The zero-order chi connectivity index (χ0) is 35.6. The highest BCUT2D eigenvalue weighted by Gasteiger charge is 2.14. The Kier molecular flexibility index (Phi) is 6.82. The molecule has 11 aromatic rings. The number of fused-ring (bicyclic) bond motifs is 8. The van der Waals surface area contributed by atoms with Gasteiger partial charge in [0.25, 0.3) is 0 Å². The van der Waals surface area contributed by atoms with E-state index in [1.54, 1.807) is 0 Å². The summed E-state index contributed by atoms with van der Waals surface area (Å²) in [4.78, 5) is 19.5. The van der Waals surface area contributed by atoms with Crippen molar-refractivity contribution < 1.29 is 0 Å². The van der Waals surface area contributed by atoms with Crippen molar-refractivity contribution in [3.8, 4) is 44.6 Å². The standard InChI is InChI=1S/C50H30N4/c1-4-12-45-37(7-1)29-38-30-44(43-11-6-28-52-50(43)49(38)53-45)33-15-13-31(14-16-33)39-24-25-40(42-10-3-2-9-41(39)42)32-17-19-34(20-18-32)46-26-23-36-22-21-35-8-5-27-51-47(35)48(36)54-46/h1-30H. The van der Waals surface area contributed by atoms with Gasteiger partial charge in [-0.15, -0.1) is 0 Å². The van der Waals surface area contributed by atoms with E-state index in [0.29, 0.717) is 0 Å². The lowest BCUT2D eigenvalue weighted by molar-refractivity contribution is 1.37. The molecule has 0 amide bonds. The molecule has 0 spiro atoms. The lowest BCUT2D eigenvalue weighted by atomic mass is 9.90. The van der Waals surface area contributed by atoms with Crippen molar-refractivity contribution in [2.24, 2.45) is 0 Å². The van der Waals surface area contributed by atoms with Crippen molar-refractivity contribution in [1.82, 2.24) is 19.9 Å². The van der Waals surface area contributed by atoms with Gasteiger partial charge in [-0.1, -0.05) is 133 Å². The Labute approximate surface area is 311 Å². The molecule has 4 heteroatoms. The third-order valence-corrected chi connectivity index (χ3v) is 10.7. The summed E-state index contributed by atoms with van der Waals surface area (Å²) >= 11 is 0. The highest BCUT2D eigenvalue weighted by atomic mass is 14.8. The molecule has 11 rings (SSSR count). The Bertz CT molecular complexity index is 3260. The van der Waals surface area contributed by atoms with Gasteiger partial charge < -0.3 is 0 Å². The van der Waals surface area contributed by atoms with Gasteiger partial charge in [0.05, 0.1) is 33.3 Å². The van der Waals surface area contributed by atoms with Crippen LogP contribution in [0.5, 0.6) is 0 Å². The molecule has 4 heterocycles. The van der Waals surface area contributed by atoms with Gasteiger partial charge in [-0.3, -0.25) is 9.97 Å². The number of pyridine rings is 4. The highest BCUT2D eigenvalue weighted by Crippen LogP contribution is 2.39. The molecule has 0 bridgehead atoms. The predicted octanol–water partition coefficient (Wildman–Crippen LogP) is 12.9. The van der Waals surface area contributed by atoms with Crippen LogP contribution in [0.2, 0.25) is 0 Å². The minimum absolute atomic E-state index is 0.925. The number of rotatable bonds is 4. The molecule has 7 aromatic carbocycles. The van der Waals surface area contributed by atoms with Crippen molar-refractivity contribution in [1.29, 1.82) is 0 Å². The zero-order valence-electron chi connectivity index (χ0n) is 29.1. The van der Waals surface area contributed by atoms with Crippen molar-refractivity contribution >= 4 is 65.3 Å². The van der Waals surface area contributed by atoms with Gasteiger partial charge in [0, 0.05) is 44.9 Å². The topological polar surface area (TPSA) is 51.6 Å². The number of hydrogen-bond acceptors (Lipinski definition) is 4. The molecule has 0 saturated carbocycles. The third kappa shape index (κ3) is 4.92. The molecule has 0 radical (unpaired) electrons. The van der Waals surface area contributed by atoms with E-state index >= 15 is 0 Å². The second-order valence-electron chi connectivity index (χ2n) is 13.8. The fraction of sp³-hybridized carbons (Fsp3) is 0. The molecule has 250 valence electrons. The van der Waals surface area contributed by atoms with Crippen LogP contribution < -0.4 is 0 Å². The maximum absolute atomic E-state index is 5.07. The van der Waals surface area contributed by atoms with E-state index in [9.17, 15) is 0 Å². The second-order valence-corrected chi connectivity index (χ2v) is 13.8. The largest absolute Gasteiger partial charge is 0.254 e. The summed E-state index contributed by atoms with van der Waals surface area (Å²) in [5, 5.41) is 7.95. The van der Waals surface area contributed by atoms with Gasteiger partial charge in [-0.25, -0.2) is 9.97 Å². The average molecular weight is 687 g/mol. The van der Waals surface area contributed by atoms with Crippen molar-refractivity contribution in [3.63, 3.8) is 0 Å². The van der Waals surface area contributed by atoms with Crippen LogP contribution in [0.4, 0.5) is 0 Å². The third-order valence-electron chi connectivity index (χ3n) is 10.7. The van der Waals surface area contributed by atoms with Gasteiger partial charge in [0.15, 0.2) is 0 Å². The van der Waals surface area contributed by atoms with Gasteiger partial charge in [0.2, 0.25) is 0 Å². The molecule has 0 atom stereocenters. The Morgan fingerprint density at radius 2 is 0.833 bits per heavy atom. The number of para-hydroxylation sites is 1. The van der Waals surface area contributed by atoms with Gasteiger partial charge in [-0.2, -0.15) is 0 Å². The maximum atomic E-state index is 5.07. The summed E-state index contributed by atoms with van der Waals surface area (Å²) in [6, 6.07) is 60.4. The first-order valence-electron chi connectivity index (χ1n) is 18.2. The van der Waals surface area contributed by atoms with Crippen LogP contribution >= 0.6 is 0 Å². The fourth-order valence-electron chi connectivity index (χ4n) is 8.05. The molecule has 54 heavy (non-hydrogen) atoms. The van der Waals surface area contributed by atoms with Crippen molar-refractivity contribution in [3.05, 3.63) is 182 Å². The van der Waals surface area contributed by atoms with E-state index in [2.05, 4.69) is 157 Å². The van der Waals surface area contributed by atoms with Crippen LogP contribution in [-0.4, -0.2) is 19.9 Å². The Morgan fingerprint density at radius 1 is 0.296 bits per heavy atom. The van der Waals surface area contributed by atoms with Crippen LogP contribution in [0.1, 0.15) is 0 Å². The summed E-state index contributed by atoms with van der Waals surface area (Å²) in [5.41, 5.74) is 13.8. The first-order valence-corrected chi connectivity index (χ1v) is 18.2. The molecule has 4 aromatic heterocycles. The van der Waals surface area contributed by atoms with Crippen LogP contribution in [0.25, 0.3) is 110 Å². The van der Waals surface area contributed by atoms with Crippen molar-refractivity contribution in [2.75, 3.05) is 0 Å². The predicted molar refractivity (Wildman–Crippen MR) is 224 cm³/mol. The molecule has 0 saturated heterocycles. The minimum atomic E-state index is 0.925. The molecule has 0 aliphatic heterocycles. The number of nitrogens with zero attached hydrogens (tertiary/aromatic N) is 4. The van der Waals surface area contributed by atoms with Crippen LogP contribution in [0.3, 0.4) is 0 Å². The Hall–Kier alpha value is -7.30. The minimum Gasteiger partial charge on any atom is -0.254 e. The highest BCUT2D eigenvalue weighted by molar-refractivity contribution is 6.13. The van der Waals surface area contributed by atoms with Crippen LogP contribution in [0.15, 0.2) is 182 Å². The molecular formula is C50H30N4. The number of benzene rings is 7. The first-order chi connectivity index (χ1) is 26.7. The smallest absolute Gasteiger partial charge is 0.0972 e. The summed E-state index contributed by atoms with van der Waals surface area (Å²) < 4.78 is 0. The lowest BCUT2D eigenvalue weighted by Crippen LogP contribution is -1.91. The monoisotopic (exact) mass is 686 g/mol. The fourth-order valence-corrected chi connectivity index (χ4v) is 8.05. The van der Waals surface area contributed by atoms with E-state index in [4.69, 9.17) is 15.0 Å². The summed E-state index contributed by atoms with van der Waals surface area (Å²) in [7, 11) is 0. The average Bonchev–Trinajstić information content (AvgIpc) is 3.25. The molecule has 0 unspecified atom stereocenters. The molecule has 0 aliphatic carbocycles. The summed E-state index contributed by atoms with van der Waals surface area (Å²) in [5.74, 6) is 0. The lowest BCUT2D eigenvalue weighted by Gasteiger charge is -2.14. The Balaban J connectivity index is 0.952. The second kappa shape index (κ2) is 12.1. The summed E-state index contributed by atoms with van der Waals surface area (Å²) in [6.45, 7) is 0. The molecule has 0 aliphatic rings. The molecule has 0 N–H and O–H groups in total. The van der Waals surface area contributed by atoms with Crippen molar-refractivity contribution in [2.45, 2.75) is 0 Å². The quantitative estimate of drug-likeness (QED) is 0.137. The first kappa shape index (κ1) is 30.3. The van der Waals surface area contributed by atoms with Crippen LogP contribution in [0, 0.1) is 0 Å². The van der Waals surface area contributed by atoms with Gasteiger partial charge in [0.1, 0.15) is 0 Å². The molecule has 0 fully saturated rings. The normalized spacial score (nSPS) is 11.7. The van der Waals surface area contributed by atoms with E-state index in [1.165, 1.54) is 33.0 Å². The SMILES string of the molecule is c1ccc2nc3c(cc(-c4ccc(-c5ccc(-c6ccc(-c7ccc8ccc9cccnc9c8n7)cc6)c6ccccc56)cc4)c4cccnc43)cc2c1. The zero-order valence-corrected chi connectivity index (χ0v) is 29.1. The van der Waals surface area contributed by atoms with Gasteiger partial charge >= 0.3 is 0 Å². The van der Waals surface area contributed by atoms with Crippen LogP contribution in [-0.2, 0) is 0 Å².